The number of hydrogen-bond acceptors (Lipinski definition) is 5. The standard InChI is InChI=1S/C16H16O5/c1-20-16-8-15-10(7-13(16)19)3-5-14(21-15)9-2-4-11(17)12(18)6-9/h2,4,6-8,14,17-19H,3,5H2,1H3. The smallest absolute Gasteiger partial charge is 0.164 e. The highest BCUT2D eigenvalue weighted by Gasteiger charge is 2.24. The fraction of sp³-hybridized carbons (Fsp3) is 0.250. The van der Waals surface area contributed by atoms with Gasteiger partial charge in [0.2, 0.25) is 0 Å². The number of aromatic hydroxyl groups is 3. The first kappa shape index (κ1) is 13.4. The lowest BCUT2D eigenvalue weighted by Crippen LogP contribution is -2.15. The van der Waals surface area contributed by atoms with Gasteiger partial charge >= 0.3 is 0 Å². The third-order valence-corrected chi connectivity index (χ3v) is 3.68. The topological polar surface area (TPSA) is 79.2 Å². The Morgan fingerprint density at radius 2 is 1.86 bits per heavy atom. The molecule has 2 aromatic carbocycles. The molecule has 1 unspecified atom stereocenters. The maximum atomic E-state index is 9.77. The Hall–Kier alpha value is -2.56. The van der Waals surface area contributed by atoms with E-state index < -0.39 is 0 Å². The van der Waals surface area contributed by atoms with E-state index in [2.05, 4.69) is 0 Å². The van der Waals surface area contributed by atoms with Crippen molar-refractivity contribution in [1.82, 2.24) is 0 Å². The molecule has 0 aliphatic carbocycles. The molecular weight excluding hydrogens is 272 g/mol. The summed E-state index contributed by atoms with van der Waals surface area (Å²) in [5.74, 6) is 0.809. The van der Waals surface area contributed by atoms with Gasteiger partial charge in [0.05, 0.1) is 7.11 Å². The zero-order valence-corrected chi connectivity index (χ0v) is 11.5. The Balaban J connectivity index is 1.91. The zero-order valence-electron chi connectivity index (χ0n) is 11.5. The van der Waals surface area contributed by atoms with Crippen LogP contribution in [-0.4, -0.2) is 22.4 Å². The average molecular weight is 288 g/mol. The molecule has 21 heavy (non-hydrogen) atoms. The number of rotatable bonds is 2. The lowest BCUT2D eigenvalue weighted by molar-refractivity contribution is 0.175. The van der Waals surface area contributed by atoms with Crippen molar-refractivity contribution in [3.8, 4) is 28.7 Å². The van der Waals surface area contributed by atoms with Crippen molar-refractivity contribution >= 4 is 0 Å². The van der Waals surface area contributed by atoms with Crippen LogP contribution in [-0.2, 0) is 6.42 Å². The molecule has 1 heterocycles. The molecule has 0 saturated heterocycles. The summed E-state index contributed by atoms with van der Waals surface area (Å²) in [6.45, 7) is 0. The molecule has 1 atom stereocenters. The first-order chi connectivity index (χ1) is 10.1. The van der Waals surface area contributed by atoms with Crippen LogP contribution in [0.1, 0.15) is 23.7 Å². The SMILES string of the molecule is COc1cc2c(cc1O)CCC(c1ccc(O)c(O)c1)O2. The van der Waals surface area contributed by atoms with Crippen LogP contribution in [0.3, 0.4) is 0 Å². The highest BCUT2D eigenvalue weighted by molar-refractivity contribution is 5.51. The molecule has 2 aromatic rings. The van der Waals surface area contributed by atoms with Crippen LogP contribution in [0.4, 0.5) is 0 Å². The van der Waals surface area contributed by atoms with E-state index in [-0.39, 0.29) is 23.4 Å². The Kier molecular flexibility index (Phi) is 3.25. The molecule has 3 rings (SSSR count). The molecule has 0 fully saturated rings. The van der Waals surface area contributed by atoms with Gasteiger partial charge in [-0.3, -0.25) is 0 Å². The molecular formula is C16H16O5. The van der Waals surface area contributed by atoms with E-state index in [4.69, 9.17) is 9.47 Å². The summed E-state index contributed by atoms with van der Waals surface area (Å²) in [6.07, 6.45) is 1.26. The van der Waals surface area contributed by atoms with Crippen molar-refractivity contribution in [1.29, 1.82) is 0 Å². The number of phenols is 3. The van der Waals surface area contributed by atoms with Crippen LogP contribution in [0.15, 0.2) is 30.3 Å². The molecule has 5 heteroatoms. The van der Waals surface area contributed by atoms with Crippen molar-refractivity contribution in [2.24, 2.45) is 0 Å². The number of methoxy groups -OCH3 is 1. The second-order valence-corrected chi connectivity index (χ2v) is 5.03. The molecule has 0 spiro atoms. The van der Waals surface area contributed by atoms with Gasteiger partial charge in [-0.25, -0.2) is 0 Å². The number of benzene rings is 2. The lowest BCUT2D eigenvalue weighted by Gasteiger charge is -2.27. The fourth-order valence-electron chi connectivity index (χ4n) is 2.54. The van der Waals surface area contributed by atoms with Gasteiger partial charge in [0, 0.05) is 6.07 Å². The largest absolute Gasteiger partial charge is 0.504 e. The number of fused-ring (bicyclic) bond motifs is 1. The molecule has 0 saturated carbocycles. The molecule has 0 aromatic heterocycles. The van der Waals surface area contributed by atoms with Gasteiger partial charge in [-0.2, -0.15) is 0 Å². The quantitative estimate of drug-likeness (QED) is 0.740. The number of hydrogen-bond donors (Lipinski definition) is 3. The predicted octanol–water partition coefficient (Wildman–Crippen LogP) is 2.88. The highest BCUT2D eigenvalue weighted by atomic mass is 16.5. The summed E-state index contributed by atoms with van der Waals surface area (Å²) in [5.41, 5.74) is 1.72. The molecule has 5 nitrogen and oxygen atoms in total. The Morgan fingerprint density at radius 1 is 1.05 bits per heavy atom. The average Bonchev–Trinajstić information content (AvgIpc) is 2.49. The van der Waals surface area contributed by atoms with Gasteiger partial charge in [0.1, 0.15) is 11.9 Å². The predicted molar refractivity (Wildman–Crippen MR) is 76.1 cm³/mol. The number of ether oxygens (including phenoxy) is 2. The fourth-order valence-corrected chi connectivity index (χ4v) is 2.54. The van der Waals surface area contributed by atoms with Crippen LogP contribution in [0.2, 0.25) is 0 Å². The summed E-state index contributed by atoms with van der Waals surface area (Å²) < 4.78 is 11.0. The Morgan fingerprint density at radius 3 is 2.57 bits per heavy atom. The van der Waals surface area contributed by atoms with E-state index in [0.29, 0.717) is 11.5 Å². The van der Waals surface area contributed by atoms with Crippen LogP contribution < -0.4 is 9.47 Å². The van der Waals surface area contributed by atoms with Gasteiger partial charge in [0.25, 0.3) is 0 Å². The third-order valence-electron chi connectivity index (χ3n) is 3.68. The van der Waals surface area contributed by atoms with E-state index in [9.17, 15) is 15.3 Å². The van der Waals surface area contributed by atoms with E-state index in [1.54, 1.807) is 18.2 Å². The van der Waals surface area contributed by atoms with Crippen LogP contribution in [0.5, 0.6) is 28.7 Å². The number of phenolic OH excluding ortho intramolecular Hbond substituents is 3. The molecule has 0 bridgehead atoms. The zero-order chi connectivity index (χ0) is 15.0. The Labute approximate surface area is 122 Å². The Bertz CT molecular complexity index is 681. The van der Waals surface area contributed by atoms with Crippen molar-refractivity contribution in [2.45, 2.75) is 18.9 Å². The van der Waals surface area contributed by atoms with E-state index >= 15 is 0 Å². The van der Waals surface area contributed by atoms with E-state index in [0.717, 1.165) is 24.0 Å². The maximum absolute atomic E-state index is 9.77. The second-order valence-electron chi connectivity index (χ2n) is 5.03. The summed E-state index contributed by atoms with van der Waals surface area (Å²) in [6, 6.07) is 7.99. The minimum atomic E-state index is -0.210. The van der Waals surface area contributed by atoms with E-state index in [1.165, 1.54) is 19.2 Å². The lowest BCUT2D eigenvalue weighted by atomic mass is 9.97. The second kappa shape index (κ2) is 5.09. The molecule has 3 N–H and O–H groups in total. The molecule has 1 aliphatic rings. The van der Waals surface area contributed by atoms with Gasteiger partial charge in [-0.05, 0) is 42.2 Å². The summed E-state index contributed by atoms with van der Waals surface area (Å²) >= 11 is 0. The van der Waals surface area contributed by atoms with Gasteiger partial charge in [0.15, 0.2) is 23.0 Å². The first-order valence-electron chi connectivity index (χ1n) is 6.67. The normalized spacial score (nSPS) is 16.9. The van der Waals surface area contributed by atoms with Crippen LogP contribution >= 0.6 is 0 Å². The highest BCUT2D eigenvalue weighted by Crippen LogP contribution is 2.41. The van der Waals surface area contributed by atoms with Crippen molar-refractivity contribution in [2.75, 3.05) is 7.11 Å². The summed E-state index contributed by atoms with van der Waals surface area (Å²) in [4.78, 5) is 0. The molecule has 110 valence electrons. The van der Waals surface area contributed by atoms with Gasteiger partial charge < -0.3 is 24.8 Å². The number of aryl methyl sites for hydroxylation is 1. The van der Waals surface area contributed by atoms with Gasteiger partial charge in [-0.1, -0.05) is 6.07 Å². The van der Waals surface area contributed by atoms with Crippen LogP contribution in [0.25, 0.3) is 0 Å². The molecule has 1 aliphatic heterocycles. The molecule has 0 radical (unpaired) electrons. The first-order valence-corrected chi connectivity index (χ1v) is 6.67. The van der Waals surface area contributed by atoms with Gasteiger partial charge in [-0.15, -0.1) is 0 Å². The van der Waals surface area contributed by atoms with Crippen molar-refractivity contribution in [3.05, 3.63) is 41.5 Å². The monoisotopic (exact) mass is 288 g/mol. The third kappa shape index (κ3) is 2.42. The maximum Gasteiger partial charge on any atom is 0.164 e. The van der Waals surface area contributed by atoms with E-state index in [1.807, 2.05) is 0 Å². The minimum absolute atomic E-state index is 0.0978. The summed E-state index contributed by atoms with van der Waals surface area (Å²) in [7, 11) is 1.49. The minimum Gasteiger partial charge on any atom is -0.504 e. The van der Waals surface area contributed by atoms with Crippen molar-refractivity contribution < 1.29 is 24.8 Å². The molecule has 0 amide bonds. The van der Waals surface area contributed by atoms with Crippen molar-refractivity contribution in [3.63, 3.8) is 0 Å². The van der Waals surface area contributed by atoms with Crippen LogP contribution in [0, 0.1) is 0 Å². The summed E-state index contributed by atoms with van der Waals surface area (Å²) in [5, 5.41) is 28.7.